The Morgan fingerprint density at radius 1 is 1.00 bits per heavy atom. The normalized spacial score (nSPS) is 11.5. The van der Waals surface area contributed by atoms with E-state index >= 15 is 0 Å². The number of phenolic OH excluding ortho intramolecular Hbond substituents is 1. The Morgan fingerprint density at radius 3 is 2.25 bits per heavy atom. The van der Waals surface area contributed by atoms with Crippen LogP contribution >= 0.6 is 0 Å². The number of nitrogens with one attached hydrogen (secondary N) is 1. The van der Waals surface area contributed by atoms with Crippen molar-refractivity contribution < 1.29 is 28.0 Å². The van der Waals surface area contributed by atoms with E-state index in [9.17, 15) is 28.4 Å². The van der Waals surface area contributed by atoms with Crippen molar-refractivity contribution in [2.45, 2.75) is 4.90 Å². The average molecular weight is 506 g/mol. The van der Waals surface area contributed by atoms with Crippen LogP contribution in [0.2, 0.25) is 0 Å². The van der Waals surface area contributed by atoms with Gasteiger partial charge in [-0.1, -0.05) is 24.3 Å². The van der Waals surface area contributed by atoms with Gasteiger partial charge in [-0.25, -0.2) is 8.42 Å². The Hall–Kier alpha value is -4.84. The van der Waals surface area contributed by atoms with Crippen LogP contribution in [0.5, 0.6) is 11.5 Å². The van der Waals surface area contributed by atoms with Crippen molar-refractivity contribution in [3.63, 3.8) is 0 Å². The third-order valence-electron chi connectivity index (χ3n) is 5.18. The van der Waals surface area contributed by atoms with Gasteiger partial charge in [-0.05, 0) is 42.5 Å². The fourth-order valence-corrected chi connectivity index (χ4v) is 4.42. The van der Waals surface area contributed by atoms with Crippen molar-refractivity contribution in [3.8, 4) is 11.5 Å². The summed E-state index contributed by atoms with van der Waals surface area (Å²) in [7, 11) is -2.56. The first-order valence-corrected chi connectivity index (χ1v) is 11.8. The highest BCUT2D eigenvalue weighted by atomic mass is 32.2. The molecule has 2 N–H and O–H groups in total. The largest absolute Gasteiger partial charge is 0.505 e. The zero-order chi connectivity index (χ0) is 25.9. The van der Waals surface area contributed by atoms with Crippen LogP contribution in [0, 0.1) is 10.1 Å². The first kappa shape index (κ1) is 24.3. The van der Waals surface area contributed by atoms with E-state index in [2.05, 4.69) is 15.0 Å². The van der Waals surface area contributed by atoms with Gasteiger partial charge in [-0.15, -0.1) is 10.2 Å². The second-order valence-electron chi connectivity index (χ2n) is 7.43. The Morgan fingerprint density at radius 2 is 1.64 bits per heavy atom. The number of carbonyl (C=O) groups excluding carboxylic acids is 1. The lowest BCUT2D eigenvalue weighted by molar-refractivity contribution is -0.384. The van der Waals surface area contributed by atoms with Crippen LogP contribution in [-0.4, -0.2) is 31.5 Å². The van der Waals surface area contributed by atoms with Crippen molar-refractivity contribution in [1.29, 1.82) is 0 Å². The van der Waals surface area contributed by atoms with Crippen LogP contribution in [0.3, 0.4) is 0 Å². The Labute approximate surface area is 204 Å². The minimum absolute atomic E-state index is 0.0167. The van der Waals surface area contributed by atoms with E-state index in [0.717, 1.165) is 12.1 Å². The number of nitrogens with zero attached hydrogens (tertiary/aromatic N) is 3. The molecule has 0 heterocycles. The molecule has 182 valence electrons. The number of ether oxygens (including phenoxy) is 1. The zero-order valence-corrected chi connectivity index (χ0v) is 19.5. The highest BCUT2D eigenvalue weighted by Gasteiger charge is 2.19. The number of methoxy groups -OCH3 is 1. The minimum Gasteiger partial charge on any atom is -0.505 e. The Bertz CT molecular complexity index is 1600. The highest BCUT2D eigenvalue weighted by molar-refractivity contribution is 7.92. The summed E-state index contributed by atoms with van der Waals surface area (Å²) in [5.41, 5.74) is -0.193. The number of aromatic hydroxyl groups is 1. The minimum atomic E-state index is -4.03. The molecule has 4 aromatic rings. The lowest BCUT2D eigenvalue weighted by atomic mass is 10.1. The molecule has 0 unspecified atom stereocenters. The molecular formula is C24H18N4O7S. The van der Waals surface area contributed by atoms with Crippen molar-refractivity contribution in [1.82, 2.24) is 0 Å². The van der Waals surface area contributed by atoms with E-state index in [1.54, 1.807) is 24.3 Å². The molecule has 0 spiro atoms. The van der Waals surface area contributed by atoms with E-state index in [-0.39, 0.29) is 38.7 Å². The van der Waals surface area contributed by atoms with Gasteiger partial charge in [0.15, 0.2) is 5.75 Å². The monoisotopic (exact) mass is 506 g/mol. The SMILES string of the molecule is COc1ccc(S(=O)(=O)Nc2cc(N=NC(=O)c3ccc([N+](=O)[O-])cc3)c(O)c3ccccc23)cc1. The Kier molecular flexibility index (Phi) is 6.61. The summed E-state index contributed by atoms with van der Waals surface area (Å²) in [6, 6.07) is 18.3. The summed E-state index contributed by atoms with van der Waals surface area (Å²) in [6.45, 7) is 0. The third kappa shape index (κ3) is 4.98. The maximum absolute atomic E-state index is 13.0. The van der Waals surface area contributed by atoms with Crippen LogP contribution in [0.25, 0.3) is 10.8 Å². The summed E-state index contributed by atoms with van der Waals surface area (Å²) in [5.74, 6) is -0.625. The molecule has 0 radical (unpaired) electrons. The molecule has 0 saturated heterocycles. The van der Waals surface area contributed by atoms with Gasteiger partial charge >= 0.3 is 0 Å². The smallest absolute Gasteiger partial charge is 0.295 e. The number of azo groups is 1. The molecule has 36 heavy (non-hydrogen) atoms. The molecule has 0 aliphatic rings. The number of non-ortho nitro benzene ring substituents is 1. The number of sulfonamides is 1. The van der Waals surface area contributed by atoms with Crippen LogP contribution in [-0.2, 0) is 10.0 Å². The Balaban J connectivity index is 1.70. The summed E-state index contributed by atoms with van der Waals surface area (Å²) < 4.78 is 33.5. The van der Waals surface area contributed by atoms with Gasteiger partial charge in [0.2, 0.25) is 0 Å². The van der Waals surface area contributed by atoms with E-state index in [4.69, 9.17) is 4.74 Å². The number of carbonyl (C=O) groups is 1. The molecule has 0 fully saturated rings. The number of anilines is 1. The van der Waals surface area contributed by atoms with Crippen LogP contribution in [0.1, 0.15) is 10.4 Å². The number of fused-ring (bicyclic) bond motifs is 1. The number of hydrogen-bond donors (Lipinski definition) is 2. The molecule has 0 aliphatic heterocycles. The molecule has 12 heteroatoms. The molecule has 0 bridgehead atoms. The van der Waals surface area contributed by atoms with Crippen molar-refractivity contribution in [3.05, 3.63) is 94.5 Å². The number of benzene rings is 4. The van der Waals surface area contributed by atoms with Crippen molar-refractivity contribution >= 4 is 43.8 Å². The quantitative estimate of drug-likeness (QED) is 0.151. The maximum atomic E-state index is 13.0. The molecule has 11 nitrogen and oxygen atoms in total. The standard InChI is InChI=1S/C24H18N4O7S/c1-35-17-10-12-18(13-11-17)36(33,34)27-21-14-22(23(29)20-5-3-2-4-19(20)21)25-26-24(30)15-6-8-16(9-7-15)28(31)32/h2-14,27,29H,1H3. The molecular weight excluding hydrogens is 488 g/mol. The highest BCUT2D eigenvalue weighted by Crippen LogP contribution is 2.40. The number of nitro groups is 1. The summed E-state index contributed by atoms with van der Waals surface area (Å²) in [4.78, 5) is 22.6. The number of hydrogen-bond acceptors (Lipinski definition) is 8. The van der Waals surface area contributed by atoms with Gasteiger partial charge in [0.1, 0.15) is 11.4 Å². The van der Waals surface area contributed by atoms with E-state index in [1.807, 2.05) is 0 Å². The number of phenols is 1. The van der Waals surface area contributed by atoms with Crippen LogP contribution in [0.15, 0.2) is 94.0 Å². The summed E-state index contributed by atoms with van der Waals surface area (Å²) in [6.07, 6.45) is 0. The topological polar surface area (TPSA) is 161 Å². The molecule has 0 atom stereocenters. The maximum Gasteiger partial charge on any atom is 0.295 e. The molecule has 1 amide bonds. The first-order chi connectivity index (χ1) is 17.2. The van der Waals surface area contributed by atoms with E-state index in [1.165, 1.54) is 49.6 Å². The third-order valence-corrected chi connectivity index (χ3v) is 6.57. The first-order valence-electron chi connectivity index (χ1n) is 10.3. The van der Waals surface area contributed by atoms with Gasteiger partial charge in [0.05, 0.1) is 22.6 Å². The second-order valence-corrected chi connectivity index (χ2v) is 9.11. The van der Waals surface area contributed by atoms with E-state index < -0.39 is 20.9 Å². The molecule has 4 rings (SSSR count). The van der Waals surface area contributed by atoms with Gasteiger partial charge in [-0.3, -0.25) is 19.6 Å². The summed E-state index contributed by atoms with van der Waals surface area (Å²) in [5, 5.41) is 29.6. The fourth-order valence-electron chi connectivity index (χ4n) is 3.35. The molecule has 0 aromatic heterocycles. The lowest BCUT2D eigenvalue weighted by Gasteiger charge is -2.13. The number of rotatable bonds is 7. The van der Waals surface area contributed by atoms with Gasteiger partial charge in [-0.2, -0.15) is 0 Å². The van der Waals surface area contributed by atoms with Gasteiger partial charge < -0.3 is 9.84 Å². The number of amides is 1. The second kappa shape index (κ2) is 9.80. The predicted molar refractivity (Wildman–Crippen MR) is 131 cm³/mol. The van der Waals surface area contributed by atoms with Crippen molar-refractivity contribution in [2.24, 2.45) is 10.2 Å². The predicted octanol–water partition coefficient (Wildman–Crippen LogP) is 5.19. The molecule has 0 saturated carbocycles. The van der Waals surface area contributed by atoms with Gasteiger partial charge in [0.25, 0.3) is 21.6 Å². The average Bonchev–Trinajstić information content (AvgIpc) is 2.89. The van der Waals surface area contributed by atoms with Crippen LogP contribution in [0.4, 0.5) is 17.1 Å². The number of nitro benzene ring substituents is 1. The summed E-state index contributed by atoms with van der Waals surface area (Å²) >= 11 is 0. The van der Waals surface area contributed by atoms with E-state index in [0.29, 0.717) is 11.1 Å². The lowest BCUT2D eigenvalue weighted by Crippen LogP contribution is -2.13. The molecule has 0 aliphatic carbocycles. The van der Waals surface area contributed by atoms with Gasteiger partial charge in [0, 0.05) is 28.5 Å². The molecule has 4 aromatic carbocycles. The zero-order valence-electron chi connectivity index (χ0n) is 18.7. The van der Waals surface area contributed by atoms with Crippen molar-refractivity contribution in [2.75, 3.05) is 11.8 Å². The van der Waals surface area contributed by atoms with Crippen LogP contribution < -0.4 is 9.46 Å². The fraction of sp³-hybridized carbons (Fsp3) is 0.0417.